The number of phenolic OH excluding ortho intramolecular Hbond substituents is 1. The highest BCUT2D eigenvalue weighted by Gasteiger charge is 2.05. The second kappa shape index (κ2) is 3.72. The molecule has 1 aromatic rings. The Balaban J connectivity index is 3.13. The van der Waals surface area contributed by atoms with Crippen LogP contribution in [0.25, 0.3) is 0 Å². The Morgan fingerprint density at radius 1 is 1.58 bits per heavy atom. The third-order valence-corrected chi connectivity index (χ3v) is 2.09. The lowest BCUT2D eigenvalue weighted by Crippen LogP contribution is -1.86. The maximum absolute atomic E-state index is 12.9. The molecule has 0 unspecified atom stereocenters. The number of rotatable bonds is 2. The van der Waals surface area contributed by atoms with Gasteiger partial charge in [-0.15, -0.1) is 6.58 Å². The van der Waals surface area contributed by atoms with E-state index in [0.717, 1.165) is 0 Å². The predicted molar refractivity (Wildman–Crippen MR) is 49.7 cm³/mol. The fourth-order valence-corrected chi connectivity index (χ4v) is 1.23. The Morgan fingerprint density at radius 2 is 2.25 bits per heavy atom. The third-order valence-electron chi connectivity index (χ3n) is 1.49. The van der Waals surface area contributed by atoms with E-state index in [1.54, 1.807) is 6.08 Å². The van der Waals surface area contributed by atoms with Gasteiger partial charge < -0.3 is 5.11 Å². The summed E-state index contributed by atoms with van der Waals surface area (Å²) >= 11 is 2.97. The lowest BCUT2D eigenvalue weighted by Gasteiger charge is -2.02. The number of allylic oxidation sites excluding steroid dienone is 1. The van der Waals surface area contributed by atoms with Gasteiger partial charge in [0.05, 0.1) is 4.47 Å². The summed E-state index contributed by atoms with van der Waals surface area (Å²) in [6, 6.07) is 2.63. The van der Waals surface area contributed by atoms with Crippen LogP contribution < -0.4 is 0 Å². The van der Waals surface area contributed by atoms with Gasteiger partial charge in [-0.05, 0) is 34.5 Å². The van der Waals surface area contributed by atoms with Crippen molar-refractivity contribution in [3.63, 3.8) is 0 Å². The van der Waals surface area contributed by atoms with E-state index in [4.69, 9.17) is 0 Å². The van der Waals surface area contributed by atoms with Crippen LogP contribution in [0.4, 0.5) is 4.39 Å². The summed E-state index contributed by atoms with van der Waals surface area (Å²) < 4.78 is 13.2. The number of halogens is 2. The topological polar surface area (TPSA) is 20.2 Å². The SMILES string of the molecule is C=CCc1cc(F)c(Br)cc1O. The van der Waals surface area contributed by atoms with Gasteiger partial charge in [0.1, 0.15) is 11.6 Å². The summed E-state index contributed by atoms with van der Waals surface area (Å²) in [5.41, 5.74) is 0.547. The minimum absolute atomic E-state index is 0.0863. The number of benzene rings is 1. The normalized spacial score (nSPS) is 9.83. The van der Waals surface area contributed by atoms with Crippen molar-refractivity contribution in [3.8, 4) is 5.75 Å². The van der Waals surface area contributed by atoms with E-state index in [-0.39, 0.29) is 16.0 Å². The largest absolute Gasteiger partial charge is 0.508 e. The van der Waals surface area contributed by atoms with Crippen molar-refractivity contribution in [1.29, 1.82) is 0 Å². The van der Waals surface area contributed by atoms with Gasteiger partial charge in [-0.25, -0.2) is 4.39 Å². The first-order valence-corrected chi connectivity index (χ1v) is 4.22. The maximum atomic E-state index is 12.9. The second-order valence-electron chi connectivity index (χ2n) is 2.39. The number of aromatic hydroxyl groups is 1. The molecular weight excluding hydrogens is 223 g/mol. The molecule has 1 nitrogen and oxygen atoms in total. The van der Waals surface area contributed by atoms with Crippen LogP contribution >= 0.6 is 15.9 Å². The summed E-state index contributed by atoms with van der Waals surface area (Å²) in [5, 5.41) is 9.30. The Bertz CT molecular complexity index is 310. The smallest absolute Gasteiger partial charge is 0.137 e. The molecule has 0 bridgehead atoms. The molecule has 0 spiro atoms. The standard InChI is InChI=1S/C9H8BrFO/c1-2-3-6-4-8(11)7(10)5-9(6)12/h2,4-5,12H,1,3H2. The van der Waals surface area contributed by atoms with E-state index in [0.29, 0.717) is 12.0 Å². The average Bonchev–Trinajstić information content (AvgIpc) is 2.01. The van der Waals surface area contributed by atoms with Gasteiger partial charge >= 0.3 is 0 Å². The Kier molecular flexibility index (Phi) is 2.87. The Hall–Kier alpha value is -0.830. The van der Waals surface area contributed by atoms with Crippen molar-refractivity contribution in [3.05, 3.63) is 40.6 Å². The van der Waals surface area contributed by atoms with Crippen molar-refractivity contribution >= 4 is 15.9 Å². The van der Waals surface area contributed by atoms with E-state index in [1.165, 1.54) is 12.1 Å². The maximum Gasteiger partial charge on any atom is 0.137 e. The van der Waals surface area contributed by atoms with Crippen molar-refractivity contribution in [2.75, 3.05) is 0 Å². The van der Waals surface area contributed by atoms with Crippen molar-refractivity contribution in [2.24, 2.45) is 0 Å². The molecule has 0 saturated carbocycles. The van der Waals surface area contributed by atoms with Gasteiger partial charge in [-0.2, -0.15) is 0 Å². The van der Waals surface area contributed by atoms with Crippen LogP contribution in [0.1, 0.15) is 5.56 Å². The van der Waals surface area contributed by atoms with Crippen LogP contribution in [-0.4, -0.2) is 5.11 Å². The van der Waals surface area contributed by atoms with Gasteiger partial charge in [0.15, 0.2) is 0 Å². The quantitative estimate of drug-likeness (QED) is 0.775. The van der Waals surface area contributed by atoms with Crippen LogP contribution in [0.3, 0.4) is 0 Å². The summed E-state index contributed by atoms with van der Waals surface area (Å²) in [6.07, 6.45) is 2.08. The molecule has 0 saturated heterocycles. The fraction of sp³-hybridized carbons (Fsp3) is 0.111. The molecule has 3 heteroatoms. The van der Waals surface area contributed by atoms with Gasteiger partial charge in [-0.3, -0.25) is 0 Å². The minimum Gasteiger partial charge on any atom is -0.508 e. The van der Waals surface area contributed by atoms with Gasteiger partial charge in [0, 0.05) is 5.56 Å². The predicted octanol–water partition coefficient (Wildman–Crippen LogP) is 3.02. The van der Waals surface area contributed by atoms with Crippen molar-refractivity contribution < 1.29 is 9.50 Å². The highest BCUT2D eigenvalue weighted by molar-refractivity contribution is 9.10. The second-order valence-corrected chi connectivity index (χ2v) is 3.24. The molecule has 0 amide bonds. The summed E-state index contributed by atoms with van der Waals surface area (Å²) in [4.78, 5) is 0. The number of hydrogen-bond acceptors (Lipinski definition) is 1. The molecule has 0 heterocycles. The lowest BCUT2D eigenvalue weighted by molar-refractivity contribution is 0.466. The molecule has 1 N–H and O–H groups in total. The average molecular weight is 231 g/mol. The van der Waals surface area contributed by atoms with E-state index >= 15 is 0 Å². The molecule has 0 aliphatic rings. The van der Waals surface area contributed by atoms with Crippen LogP contribution in [0.2, 0.25) is 0 Å². The van der Waals surface area contributed by atoms with Crippen LogP contribution in [-0.2, 0) is 6.42 Å². The zero-order valence-electron chi connectivity index (χ0n) is 6.35. The summed E-state index contributed by atoms with van der Waals surface area (Å²) in [7, 11) is 0. The van der Waals surface area contributed by atoms with Crippen molar-refractivity contribution in [2.45, 2.75) is 6.42 Å². The van der Waals surface area contributed by atoms with Crippen LogP contribution in [0.5, 0.6) is 5.75 Å². The van der Waals surface area contributed by atoms with Crippen LogP contribution in [0.15, 0.2) is 29.3 Å². The number of hydrogen-bond donors (Lipinski definition) is 1. The highest BCUT2D eigenvalue weighted by Crippen LogP contribution is 2.25. The molecule has 1 aromatic carbocycles. The molecule has 1 rings (SSSR count). The van der Waals surface area contributed by atoms with E-state index in [1.807, 2.05) is 0 Å². The molecule has 0 radical (unpaired) electrons. The molecular formula is C9H8BrFO. The van der Waals surface area contributed by atoms with Gasteiger partial charge in [-0.1, -0.05) is 6.08 Å². The fourth-order valence-electron chi connectivity index (χ4n) is 0.897. The van der Waals surface area contributed by atoms with Crippen molar-refractivity contribution in [1.82, 2.24) is 0 Å². The van der Waals surface area contributed by atoms with E-state index < -0.39 is 0 Å². The lowest BCUT2D eigenvalue weighted by atomic mass is 10.1. The summed E-state index contributed by atoms with van der Waals surface area (Å²) in [6.45, 7) is 3.50. The zero-order valence-corrected chi connectivity index (χ0v) is 7.94. The first kappa shape index (κ1) is 9.26. The van der Waals surface area contributed by atoms with E-state index in [2.05, 4.69) is 22.5 Å². The van der Waals surface area contributed by atoms with E-state index in [9.17, 15) is 9.50 Å². The monoisotopic (exact) mass is 230 g/mol. The molecule has 12 heavy (non-hydrogen) atoms. The minimum atomic E-state index is -0.371. The first-order valence-electron chi connectivity index (χ1n) is 3.43. The molecule has 64 valence electrons. The summed E-state index contributed by atoms with van der Waals surface area (Å²) in [5.74, 6) is -0.284. The highest BCUT2D eigenvalue weighted by atomic mass is 79.9. The van der Waals surface area contributed by atoms with Gasteiger partial charge in [0.25, 0.3) is 0 Å². The number of phenols is 1. The zero-order chi connectivity index (χ0) is 9.14. The Morgan fingerprint density at radius 3 is 2.83 bits per heavy atom. The molecule has 0 fully saturated rings. The molecule has 0 atom stereocenters. The van der Waals surface area contributed by atoms with Gasteiger partial charge in [0.2, 0.25) is 0 Å². The van der Waals surface area contributed by atoms with Crippen LogP contribution in [0, 0.1) is 5.82 Å². The Labute approximate surface area is 78.7 Å². The molecule has 0 aromatic heterocycles. The molecule has 0 aliphatic carbocycles. The molecule has 0 aliphatic heterocycles. The first-order chi connectivity index (χ1) is 5.65. The third kappa shape index (κ3) is 1.85.